The highest BCUT2D eigenvalue weighted by Gasteiger charge is 2.07. The maximum atomic E-state index is 13.1. The Bertz CT molecular complexity index is 273. The lowest BCUT2D eigenvalue weighted by atomic mass is 10.2. The molecule has 1 aromatic carbocycles. The summed E-state index contributed by atoms with van der Waals surface area (Å²) in [6.45, 7) is 1.91. The van der Waals surface area contributed by atoms with Crippen LogP contribution in [0.25, 0.3) is 0 Å². The lowest BCUT2D eigenvalue weighted by Crippen LogP contribution is -1.92. The molecule has 0 heterocycles. The predicted octanol–water partition coefficient (Wildman–Crippen LogP) is 3.65. The standard InChI is InChI=1S/C8H7ClFI/c1-2-5-7(11)4-3-6(9)8(5)10/h3-4H,2H2,1H3. The maximum Gasteiger partial charge on any atom is 0.146 e. The van der Waals surface area contributed by atoms with E-state index in [4.69, 9.17) is 11.6 Å². The molecule has 0 aromatic heterocycles. The number of rotatable bonds is 1. The number of hydrogen-bond donors (Lipinski definition) is 0. The Morgan fingerprint density at radius 2 is 2.18 bits per heavy atom. The summed E-state index contributed by atoms with van der Waals surface area (Å²) in [6, 6.07) is 3.41. The Balaban J connectivity index is 3.29. The van der Waals surface area contributed by atoms with E-state index in [1.54, 1.807) is 6.07 Å². The fraction of sp³-hybridized carbons (Fsp3) is 0.250. The average molecular weight is 284 g/mol. The van der Waals surface area contributed by atoms with Crippen molar-refractivity contribution in [1.29, 1.82) is 0 Å². The van der Waals surface area contributed by atoms with Crippen LogP contribution >= 0.6 is 34.2 Å². The molecule has 0 saturated carbocycles. The van der Waals surface area contributed by atoms with Gasteiger partial charge in [-0.1, -0.05) is 18.5 Å². The van der Waals surface area contributed by atoms with Gasteiger partial charge in [0.25, 0.3) is 0 Å². The molecule has 0 radical (unpaired) electrons. The van der Waals surface area contributed by atoms with Crippen molar-refractivity contribution in [2.75, 3.05) is 0 Å². The van der Waals surface area contributed by atoms with E-state index >= 15 is 0 Å². The predicted molar refractivity (Wildman–Crippen MR) is 53.5 cm³/mol. The average Bonchev–Trinajstić information content (AvgIpc) is 1.99. The smallest absolute Gasteiger partial charge is 0.146 e. The first-order chi connectivity index (χ1) is 5.16. The van der Waals surface area contributed by atoms with Crippen LogP contribution < -0.4 is 0 Å². The van der Waals surface area contributed by atoms with Crippen LogP contribution in [0.4, 0.5) is 4.39 Å². The van der Waals surface area contributed by atoms with Crippen molar-refractivity contribution in [1.82, 2.24) is 0 Å². The van der Waals surface area contributed by atoms with Gasteiger partial charge in [-0.05, 0) is 41.1 Å². The highest BCUT2D eigenvalue weighted by molar-refractivity contribution is 14.1. The molecule has 0 unspecified atom stereocenters. The maximum absolute atomic E-state index is 13.1. The van der Waals surface area contributed by atoms with Gasteiger partial charge < -0.3 is 0 Å². The van der Waals surface area contributed by atoms with Crippen molar-refractivity contribution in [2.45, 2.75) is 13.3 Å². The summed E-state index contributed by atoms with van der Waals surface area (Å²) in [5.41, 5.74) is 0.707. The first-order valence-corrected chi connectivity index (χ1v) is 4.75. The van der Waals surface area contributed by atoms with Crippen molar-refractivity contribution in [2.24, 2.45) is 0 Å². The molecule has 11 heavy (non-hydrogen) atoms. The van der Waals surface area contributed by atoms with E-state index in [-0.39, 0.29) is 10.8 Å². The SMILES string of the molecule is CCc1c(I)ccc(Cl)c1F. The summed E-state index contributed by atoms with van der Waals surface area (Å²) in [4.78, 5) is 0. The van der Waals surface area contributed by atoms with Crippen LogP contribution in [0, 0.1) is 9.39 Å². The van der Waals surface area contributed by atoms with Crippen LogP contribution in [-0.2, 0) is 6.42 Å². The Morgan fingerprint density at radius 3 is 2.64 bits per heavy atom. The van der Waals surface area contributed by atoms with E-state index in [0.717, 1.165) is 3.57 Å². The Labute approximate surface area is 83.9 Å². The van der Waals surface area contributed by atoms with Crippen LogP contribution in [0.5, 0.6) is 0 Å². The minimum Gasteiger partial charge on any atom is -0.205 e. The summed E-state index contributed by atoms with van der Waals surface area (Å²) in [5.74, 6) is -0.277. The van der Waals surface area contributed by atoms with E-state index in [1.807, 2.05) is 13.0 Å². The van der Waals surface area contributed by atoms with Gasteiger partial charge in [-0.25, -0.2) is 4.39 Å². The third kappa shape index (κ3) is 1.85. The van der Waals surface area contributed by atoms with Crippen molar-refractivity contribution < 1.29 is 4.39 Å². The molecule has 0 fully saturated rings. The molecule has 0 atom stereocenters. The molecule has 0 saturated heterocycles. The number of benzene rings is 1. The van der Waals surface area contributed by atoms with Gasteiger partial charge in [0, 0.05) is 9.13 Å². The van der Waals surface area contributed by atoms with E-state index in [1.165, 1.54) is 0 Å². The van der Waals surface area contributed by atoms with Gasteiger partial charge >= 0.3 is 0 Å². The molecule has 0 spiro atoms. The van der Waals surface area contributed by atoms with Crippen LogP contribution in [-0.4, -0.2) is 0 Å². The summed E-state index contributed by atoms with van der Waals surface area (Å²) >= 11 is 7.69. The lowest BCUT2D eigenvalue weighted by Gasteiger charge is -2.03. The zero-order chi connectivity index (χ0) is 8.43. The van der Waals surface area contributed by atoms with Crippen LogP contribution in [0.2, 0.25) is 5.02 Å². The van der Waals surface area contributed by atoms with Gasteiger partial charge in [0.05, 0.1) is 5.02 Å². The minimum absolute atomic E-state index is 0.210. The van der Waals surface area contributed by atoms with Gasteiger partial charge in [0.1, 0.15) is 5.82 Å². The van der Waals surface area contributed by atoms with Gasteiger partial charge in [-0.2, -0.15) is 0 Å². The van der Waals surface area contributed by atoms with Gasteiger partial charge in [-0.15, -0.1) is 0 Å². The molecular weight excluding hydrogens is 277 g/mol. The molecule has 1 rings (SSSR count). The van der Waals surface area contributed by atoms with Crippen molar-refractivity contribution in [3.8, 4) is 0 Å². The third-order valence-corrected chi connectivity index (χ3v) is 2.80. The Kier molecular flexibility index (Phi) is 3.13. The van der Waals surface area contributed by atoms with Crippen LogP contribution in [0.3, 0.4) is 0 Å². The summed E-state index contributed by atoms with van der Waals surface area (Å²) in [6.07, 6.45) is 0.685. The highest BCUT2D eigenvalue weighted by Crippen LogP contribution is 2.23. The zero-order valence-corrected chi connectivity index (χ0v) is 8.91. The second-order valence-electron chi connectivity index (χ2n) is 2.18. The normalized spacial score (nSPS) is 10.2. The molecule has 0 nitrogen and oxygen atoms in total. The van der Waals surface area contributed by atoms with E-state index < -0.39 is 0 Å². The Hall–Kier alpha value is 0.170. The quantitative estimate of drug-likeness (QED) is 0.545. The summed E-state index contributed by atoms with van der Waals surface area (Å²) in [7, 11) is 0. The van der Waals surface area contributed by atoms with Crippen molar-refractivity contribution in [3.05, 3.63) is 32.1 Å². The fourth-order valence-electron chi connectivity index (χ4n) is 0.893. The van der Waals surface area contributed by atoms with Gasteiger partial charge in [0.2, 0.25) is 0 Å². The molecule has 0 bridgehead atoms. The third-order valence-electron chi connectivity index (χ3n) is 1.49. The first-order valence-electron chi connectivity index (χ1n) is 3.29. The first kappa shape index (κ1) is 9.26. The molecule has 0 aliphatic heterocycles. The van der Waals surface area contributed by atoms with Gasteiger partial charge in [0.15, 0.2) is 0 Å². The molecule has 0 N–H and O–H groups in total. The fourth-order valence-corrected chi connectivity index (χ4v) is 1.87. The van der Waals surface area contributed by atoms with Crippen LogP contribution in [0.15, 0.2) is 12.1 Å². The molecule has 60 valence electrons. The monoisotopic (exact) mass is 284 g/mol. The van der Waals surface area contributed by atoms with Gasteiger partial charge in [-0.3, -0.25) is 0 Å². The van der Waals surface area contributed by atoms with Crippen molar-refractivity contribution >= 4 is 34.2 Å². The second kappa shape index (κ2) is 3.72. The highest BCUT2D eigenvalue weighted by atomic mass is 127. The second-order valence-corrected chi connectivity index (χ2v) is 3.74. The topological polar surface area (TPSA) is 0 Å². The van der Waals surface area contributed by atoms with E-state index in [2.05, 4.69) is 22.6 Å². The summed E-state index contributed by atoms with van der Waals surface area (Å²) < 4.78 is 14.1. The largest absolute Gasteiger partial charge is 0.205 e. The minimum atomic E-state index is -0.277. The molecule has 1 aromatic rings. The summed E-state index contributed by atoms with van der Waals surface area (Å²) in [5, 5.41) is 0.210. The Morgan fingerprint density at radius 1 is 1.55 bits per heavy atom. The number of halogens is 3. The molecule has 0 aliphatic rings. The zero-order valence-electron chi connectivity index (χ0n) is 6.00. The molecular formula is C8H7ClFI. The molecule has 0 aliphatic carbocycles. The lowest BCUT2D eigenvalue weighted by molar-refractivity contribution is 0.611. The molecule has 0 amide bonds. The molecule has 3 heteroatoms. The van der Waals surface area contributed by atoms with E-state index in [0.29, 0.717) is 12.0 Å². The van der Waals surface area contributed by atoms with Crippen molar-refractivity contribution in [3.63, 3.8) is 0 Å². The van der Waals surface area contributed by atoms with Crippen LogP contribution in [0.1, 0.15) is 12.5 Å². The number of hydrogen-bond acceptors (Lipinski definition) is 0. The van der Waals surface area contributed by atoms with E-state index in [9.17, 15) is 4.39 Å².